The molecule has 0 aliphatic carbocycles. The van der Waals surface area contributed by atoms with Crippen molar-refractivity contribution in [2.75, 3.05) is 33.2 Å². The first kappa shape index (κ1) is 10.8. The third kappa shape index (κ3) is 6.25. The van der Waals surface area contributed by atoms with Gasteiger partial charge in [-0.25, -0.2) is 0 Å². The van der Waals surface area contributed by atoms with Crippen molar-refractivity contribution < 1.29 is 0 Å². The maximum Gasteiger partial charge on any atom is 0.0201 e. The number of hydrogen-bond acceptors (Lipinski definition) is 4. The molecule has 0 spiro atoms. The fourth-order valence-electron chi connectivity index (χ4n) is 0.928. The summed E-state index contributed by atoms with van der Waals surface area (Å²) in [6.45, 7) is 3.25. The van der Waals surface area contributed by atoms with E-state index in [1.165, 1.54) is 0 Å². The molecule has 0 aliphatic rings. The Morgan fingerprint density at radius 3 is 2.45 bits per heavy atom. The molecule has 0 saturated carbocycles. The lowest BCUT2D eigenvalue weighted by molar-refractivity contribution is 0.488. The number of hydrogen-bond donors (Lipinski definition) is 4. The Morgan fingerprint density at radius 1 is 1.27 bits per heavy atom. The van der Waals surface area contributed by atoms with Crippen LogP contribution in [0.25, 0.3) is 0 Å². The Kier molecular flexibility index (Phi) is 7.83. The minimum Gasteiger partial charge on any atom is -0.330 e. The molecule has 0 rings (SSSR count). The van der Waals surface area contributed by atoms with Gasteiger partial charge in [-0.3, -0.25) is 0 Å². The monoisotopic (exact) mass is 160 g/mol. The van der Waals surface area contributed by atoms with Crippen LogP contribution in [0.15, 0.2) is 0 Å². The summed E-state index contributed by atoms with van der Waals surface area (Å²) in [7, 11) is 1.95. The van der Waals surface area contributed by atoms with Gasteiger partial charge in [0.1, 0.15) is 0 Å². The van der Waals surface area contributed by atoms with Gasteiger partial charge in [-0.05, 0) is 20.0 Å². The van der Waals surface area contributed by atoms with E-state index >= 15 is 0 Å². The van der Waals surface area contributed by atoms with Gasteiger partial charge < -0.3 is 22.1 Å². The van der Waals surface area contributed by atoms with Crippen LogP contribution in [0.3, 0.4) is 0 Å². The third-order valence-electron chi connectivity index (χ3n) is 1.64. The first-order valence-corrected chi connectivity index (χ1v) is 4.13. The van der Waals surface area contributed by atoms with Crippen molar-refractivity contribution in [2.45, 2.75) is 12.5 Å². The largest absolute Gasteiger partial charge is 0.330 e. The average molecular weight is 160 g/mol. The maximum absolute atomic E-state index is 5.42. The normalized spacial score (nSPS) is 13.4. The molecule has 6 N–H and O–H groups in total. The first-order chi connectivity index (χ1) is 5.35. The molecule has 0 aromatic rings. The molecule has 0 heterocycles. The summed E-state index contributed by atoms with van der Waals surface area (Å²) in [4.78, 5) is 0. The van der Waals surface area contributed by atoms with E-state index in [0.717, 1.165) is 26.1 Å². The molecule has 1 unspecified atom stereocenters. The zero-order valence-corrected chi connectivity index (χ0v) is 7.27. The van der Waals surface area contributed by atoms with Crippen LogP contribution in [-0.4, -0.2) is 39.3 Å². The lowest BCUT2D eigenvalue weighted by Gasteiger charge is -2.15. The molecule has 68 valence electrons. The van der Waals surface area contributed by atoms with Gasteiger partial charge in [-0.2, -0.15) is 0 Å². The van der Waals surface area contributed by atoms with E-state index in [4.69, 9.17) is 11.5 Å². The second kappa shape index (κ2) is 7.94. The Morgan fingerprint density at radius 2 is 2.00 bits per heavy atom. The molecule has 0 saturated heterocycles. The Hall–Kier alpha value is -0.160. The minimum absolute atomic E-state index is 0.478. The van der Waals surface area contributed by atoms with Gasteiger partial charge in [0, 0.05) is 25.7 Å². The zero-order valence-electron chi connectivity index (χ0n) is 7.27. The Labute approximate surface area is 68.7 Å². The summed E-state index contributed by atoms with van der Waals surface area (Å²) in [5.41, 5.74) is 10.7. The molecule has 0 aliphatic heterocycles. The average Bonchev–Trinajstić information content (AvgIpc) is 2.03. The smallest absolute Gasteiger partial charge is 0.0201 e. The molecule has 0 aromatic carbocycles. The zero-order chi connectivity index (χ0) is 8.53. The van der Waals surface area contributed by atoms with Crippen molar-refractivity contribution in [1.29, 1.82) is 0 Å². The van der Waals surface area contributed by atoms with Gasteiger partial charge >= 0.3 is 0 Å². The van der Waals surface area contributed by atoms with Gasteiger partial charge in [0.2, 0.25) is 0 Å². The maximum atomic E-state index is 5.42. The van der Waals surface area contributed by atoms with Gasteiger partial charge in [-0.1, -0.05) is 0 Å². The summed E-state index contributed by atoms with van der Waals surface area (Å²) < 4.78 is 0. The van der Waals surface area contributed by atoms with Crippen molar-refractivity contribution >= 4 is 0 Å². The fraction of sp³-hybridized carbons (Fsp3) is 1.00. The van der Waals surface area contributed by atoms with E-state index in [1.54, 1.807) is 0 Å². The van der Waals surface area contributed by atoms with Gasteiger partial charge in [-0.15, -0.1) is 0 Å². The summed E-state index contributed by atoms with van der Waals surface area (Å²) >= 11 is 0. The van der Waals surface area contributed by atoms with Crippen molar-refractivity contribution in [2.24, 2.45) is 11.5 Å². The van der Waals surface area contributed by atoms with E-state index in [1.807, 2.05) is 7.05 Å². The van der Waals surface area contributed by atoms with E-state index in [-0.39, 0.29) is 0 Å². The summed E-state index contributed by atoms with van der Waals surface area (Å²) in [6.07, 6.45) is 1.01. The van der Waals surface area contributed by atoms with Crippen LogP contribution < -0.4 is 22.1 Å². The van der Waals surface area contributed by atoms with Gasteiger partial charge in [0.25, 0.3) is 0 Å². The molecule has 0 amide bonds. The second-order valence-electron chi connectivity index (χ2n) is 2.56. The summed E-state index contributed by atoms with van der Waals surface area (Å²) in [5, 5.41) is 6.41. The molecule has 11 heavy (non-hydrogen) atoms. The second-order valence-corrected chi connectivity index (χ2v) is 2.56. The summed E-state index contributed by atoms with van der Waals surface area (Å²) in [5.74, 6) is 0. The van der Waals surface area contributed by atoms with Crippen LogP contribution in [0.2, 0.25) is 0 Å². The lowest BCUT2D eigenvalue weighted by atomic mass is 10.2. The highest BCUT2D eigenvalue weighted by Gasteiger charge is 2.01. The van der Waals surface area contributed by atoms with Crippen LogP contribution in [0.1, 0.15) is 6.42 Å². The summed E-state index contributed by atoms with van der Waals surface area (Å²) in [6, 6.07) is 0.478. The highest BCUT2D eigenvalue weighted by atomic mass is 15.0. The quantitative estimate of drug-likeness (QED) is 0.341. The minimum atomic E-state index is 0.478. The molecule has 0 bridgehead atoms. The SMILES string of the molecule is CNC(CCN)CNCCN. The molecule has 0 aromatic heterocycles. The van der Waals surface area contributed by atoms with Crippen molar-refractivity contribution in [3.63, 3.8) is 0 Å². The van der Waals surface area contributed by atoms with Crippen LogP contribution in [-0.2, 0) is 0 Å². The van der Waals surface area contributed by atoms with Crippen LogP contribution in [0.4, 0.5) is 0 Å². The van der Waals surface area contributed by atoms with Crippen LogP contribution >= 0.6 is 0 Å². The van der Waals surface area contributed by atoms with Crippen LogP contribution in [0, 0.1) is 0 Å². The molecule has 4 nitrogen and oxygen atoms in total. The van der Waals surface area contributed by atoms with Crippen molar-refractivity contribution in [1.82, 2.24) is 10.6 Å². The van der Waals surface area contributed by atoms with E-state index in [9.17, 15) is 0 Å². The highest BCUT2D eigenvalue weighted by molar-refractivity contribution is 4.67. The van der Waals surface area contributed by atoms with Crippen LogP contribution in [0.5, 0.6) is 0 Å². The molecule has 0 radical (unpaired) electrons. The van der Waals surface area contributed by atoms with Crippen molar-refractivity contribution in [3.8, 4) is 0 Å². The topological polar surface area (TPSA) is 76.1 Å². The highest BCUT2D eigenvalue weighted by Crippen LogP contribution is 1.85. The Balaban J connectivity index is 3.20. The standard InChI is InChI=1S/C7H20N4/c1-10-7(2-3-8)6-11-5-4-9/h7,10-11H,2-6,8-9H2,1H3. The number of rotatable bonds is 7. The molecular formula is C7H20N4. The lowest BCUT2D eigenvalue weighted by Crippen LogP contribution is -2.39. The Bertz CT molecular complexity index is 76.8. The van der Waals surface area contributed by atoms with E-state index in [2.05, 4.69) is 10.6 Å². The van der Waals surface area contributed by atoms with Crippen molar-refractivity contribution in [3.05, 3.63) is 0 Å². The molecule has 1 atom stereocenters. The first-order valence-electron chi connectivity index (χ1n) is 4.13. The van der Waals surface area contributed by atoms with Gasteiger partial charge in [0.15, 0.2) is 0 Å². The molecule has 0 fully saturated rings. The van der Waals surface area contributed by atoms with Gasteiger partial charge in [0.05, 0.1) is 0 Å². The third-order valence-corrected chi connectivity index (χ3v) is 1.64. The molecular weight excluding hydrogens is 140 g/mol. The number of nitrogens with one attached hydrogen (secondary N) is 2. The number of likely N-dealkylation sites (N-methyl/N-ethyl adjacent to an activating group) is 1. The number of nitrogens with two attached hydrogens (primary N) is 2. The van der Waals surface area contributed by atoms with E-state index in [0.29, 0.717) is 12.6 Å². The molecule has 4 heteroatoms. The van der Waals surface area contributed by atoms with E-state index < -0.39 is 0 Å². The predicted molar refractivity (Wildman–Crippen MR) is 48.4 cm³/mol. The predicted octanol–water partition coefficient (Wildman–Crippen LogP) is -1.53. The fourth-order valence-corrected chi connectivity index (χ4v) is 0.928.